The molecule has 1 aromatic rings. The van der Waals surface area contributed by atoms with Crippen molar-refractivity contribution in [2.75, 3.05) is 26.4 Å². The van der Waals surface area contributed by atoms with Gasteiger partial charge in [0.15, 0.2) is 0 Å². The van der Waals surface area contributed by atoms with E-state index in [2.05, 4.69) is 6.58 Å². The van der Waals surface area contributed by atoms with Gasteiger partial charge in [0.1, 0.15) is 11.6 Å². The second-order valence-corrected chi connectivity index (χ2v) is 5.35. The molecule has 4 nitrogen and oxygen atoms in total. The van der Waals surface area contributed by atoms with E-state index in [1.165, 1.54) is 23.1 Å². The Balaban J connectivity index is 1.94. The summed E-state index contributed by atoms with van der Waals surface area (Å²) in [7, 11) is 0. The molecular weight excluding hydrogens is 304 g/mol. The van der Waals surface area contributed by atoms with Gasteiger partial charge in [-0.2, -0.15) is 0 Å². The molecule has 0 bridgehead atoms. The van der Waals surface area contributed by atoms with Crippen LogP contribution in [0.5, 0.6) is 0 Å². The number of carbonyl (C=O) groups excluding carboxylic acids is 1. The monoisotopic (exact) mass is 325 g/mol. The maximum absolute atomic E-state index is 13.7. The molecule has 1 aliphatic heterocycles. The van der Waals surface area contributed by atoms with E-state index in [4.69, 9.17) is 9.47 Å². The number of benzene rings is 1. The summed E-state index contributed by atoms with van der Waals surface area (Å²) in [4.78, 5) is 13.2. The zero-order valence-corrected chi connectivity index (χ0v) is 13.0. The van der Waals surface area contributed by atoms with E-state index in [-0.39, 0.29) is 30.7 Å². The van der Waals surface area contributed by atoms with Crippen molar-refractivity contribution in [3.63, 3.8) is 0 Å². The van der Waals surface area contributed by atoms with Crippen LogP contribution in [-0.4, -0.2) is 43.3 Å². The van der Waals surface area contributed by atoms with Crippen molar-refractivity contribution >= 4 is 5.91 Å². The van der Waals surface area contributed by atoms with Gasteiger partial charge in [-0.3, -0.25) is 4.79 Å². The Bertz CT molecular complexity index is 524. The van der Waals surface area contributed by atoms with Crippen molar-refractivity contribution < 1.29 is 23.0 Å². The zero-order valence-electron chi connectivity index (χ0n) is 13.0. The first kappa shape index (κ1) is 17.6. The van der Waals surface area contributed by atoms with Gasteiger partial charge >= 0.3 is 0 Å². The SMILES string of the molecule is C=CC(=O)N(CCOC1CCOCC1)Cc1c(F)cccc1F. The van der Waals surface area contributed by atoms with E-state index in [1.807, 2.05) is 0 Å². The van der Waals surface area contributed by atoms with E-state index in [0.29, 0.717) is 19.8 Å². The summed E-state index contributed by atoms with van der Waals surface area (Å²) in [5, 5.41) is 0. The first-order valence-corrected chi connectivity index (χ1v) is 7.65. The van der Waals surface area contributed by atoms with E-state index in [1.54, 1.807) is 0 Å². The molecular formula is C17H21F2NO3. The first-order chi connectivity index (χ1) is 11.1. The molecule has 0 aromatic heterocycles. The summed E-state index contributed by atoms with van der Waals surface area (Å²) < 4.78 is 38.4. The van der Waals surface area contributed by atoms with Crippen LogP contribution in [0.25, 0.3) is 0 Å². The minimum atomic E-state index is -0.669. The zero-order chi connectivity index (χ0) is 16.7. The lowest BCUT2D eigenvalue weighted by atomic mass is 10.1. The number of carbonyl (C=O) groups is 1. The molecule has 23 heavy (non-hydrogen) atoms. The lowest BCUT2D eigenvalue weighted by molar-refractivity contribution is -0.128. The Hall–Kier alpha value is -1.79. The third-order valence-electron chi connectivity index (χ3n) is 3.78. The Morgan fingerprint density at radius 1 is 1.35 bits per heavy atom. The lowest BCUT2D eigenvalue weighted by Crippen LogP contribution is -2.34. The average Bonchev–Trinajstić information content (AvgIpc) is 2.57. The second-order valence-electron chi connectivity index (χ2n) is 5.35. The van der Waals surface area contributed by atoms with Crippen LogP contribution in [0.4, 0.5) is 8.78 Å². The van der Waals surface area contributed by atoms with Gasteiger partial charge in [0.25, 0.3) is 0 Å². The Labute approximate surface area is 134 Å². The molecule has 1 amide bonds. The fraction of sp³-hybridized carbons (Fsp3) is 0.471. The topological polar surface area (TPSA) is 38.8 Å². The molecule has 1 saturated heterocycles. The summed E-state index contributed by atoms with van der Waals surface area (Å²) in [6.45, 7) is 5.16. The fourth-order valence-electron chi connectivity index (χ4n) is 2.44. The van der Waals surface area contributed by atoms with Crippen LogP contribution < -0.4 is 0 Å². The minimum Gasteiger partial charge on any atom is -0.381 e. The summed E-state index contributed by atoms with van der Waals surface area (Å²) >= 11 is 0. The first-order valence-electron chi connectivity index (χ1n) is 7.65. The third kappa shape index (κ3) is 5.11. The molecule has 0 aliphatic carbocycles. The van der Waals surface area contributed by atoms with E-state index >= 15 is 0 Å². The number of nitrogens with zero attached hydrogens (tertiary/aromatic N) is 1. The van der Waals surface area contributed by atoms with Crippen molar-refractivity contribution in [1.82, 2.24) is 4.90 Å². The van der Waals surface area contributed by atoms with Crippen molar-refractivity contribution in [2.45, 2.75) is 25.5 Å². The van der Waals surface area contributed by atoms with Crippen LogP contribution in [0.2, 0.25) is 0 Å². The molecule has 2 rings (SSSR count). The highest BCUT2D eigenvalue weighted by Crippen LogP contribution is 2.15. The molecule has 0 unspecified atom stereocenters. The van der Waals surface area contributed by atoms with Crippen molar-refractivity contribution in [3.05, 3.63) is 48.1 Å². The molecule has 1 aromatic carbocycles. The van der Waals surface area contributed by atoms with Crippen LogP contribution in [0.3, 0.4) is 0 Å². The van der Waals surface area contributed by atoms with Crippen LogP contribution in [0.1, 0.15) is 18.4 Å². The molecule has 0 saturated carbocycles. The van der Waals surface area contributed by atoms with Gasteiger partial charge in [0.05, 0.1) is 19.3 Å². The lowest BCUT2D eigenvalue weighted by Gasteiger charge is -2.25. The van der Waals surface area contributed by atoms with Crippen LogP contribution in [0, 0.1) is 11.6 Å². The summed E-state index contributed by atoms with van der Waals surface area (Å²) in [6.07, 6.45) is 2.87. The van der Waals surface area contributed by atoms with Gasteiger partial charge in [-0.15, -0.1) is 0 Å². The fourth-order valence-corrected chi connectivity index (χ4v) is 2.44. The van der Waals surface area contributed by atoms with Gasteiger partial charge < -0.3 is 14.4 Å². The highest BCUT2D eigenvalue weighted by Gasteiger charge is 2.18. The van der Waals surface area contributed by atoms with Gasteiger partial charge in [0, 0.05) is 25.3 Å². The highest BCUT2D eigenvalue weighted by molar-refractivity contribution is 5.86. The summed E-state index contributed by atoms with van der Waals surface area (Å²) in [5.74, 6) is -1.72. The number of rotatable bonds is 7. The summed E-state index contributed by atoms with van der Waals surface area (Å²) in [5.41, 5.74) is -0.131. The number of halogens is 2. The molecule has 0 N–H and O–H groups in total. The molecule has 1 aliphatic rings. The van der Waals surface area contributed by atoms with Gasteiger partial charge in [-0.25, -0.2) is 8.78 Å². The average molecular weight is 325 g/mol. The Kier molecular flexibility index (Phi) is 6.67. The predicted octanol–water partition coefficient (Wildman–Crippen LogP) is 2.68. The normalized spacial score (nSPS) is 15.4. The van der Waals surface area contributed by atoms with Crippen LogP contribution in [-0.2, 0) is 20.8 Å². The van der Waals surface area contributed by atoms with Crippen molar-refractivity contribution in [2.24, 2.45) is 0 Å². The second kappa shape index (κ2) is 8.74. The van der Waals surface area contributed by atoms with Gasteiger partial charge in [-0.05, 0) is 31.1 Å². The number of hydrogen-bond acceptors (Lipinski definition) is 3. The van der Waals surface area contributed by atoms with Crippen LogP contribution >= 0.6 is 0 Å². The van der Waals surface area contributed by atoms with Crippen molar-refractivity contribution in [1.29, 1.82) is 0 Å². The Morgan fingerprint density at radius 3 is 2.61 bits per heavy atom. The maximum atomic E-state index is 13.7. The van der Waals surface area contributed by atoms with Crippen LogP contribution in [0.15, 0.2) is 30.9 Å². The number of ether oxygens (including phenoxy) is 2. The van der Waals surface area contributed by atoms with Gasteiger partial charge in [-0.1, -0.05) is 12.6 Å². The molecule has 0 spiro atoms. The molecule has 0 atom stereocenters. The number of hydrogen-bond donors (Lipinski definition) is 0. The predicted molar refractivity (Wildman–Crippen MR) is 81.8 cm³/mol. The highest BCUT2D eigenvalue weighted by atomic mass is 19.1. The molecule has 1 fully saturated rings. The van der Waals surface area contributed by atoms with E-state index in [9.17, 15) is 13.6 Å². The molecule has 6 heteroatoms. The number of amides is 1. The third-order valence-corrected chi connectivity index (χ3v) is 3.78. The minimum absolute atomic E-state index is 0.106. The summed E-state index contributed by atoms with van der Waals surface area (Å²) in [6, 6.07) is 3.64. The van der Waals surface area contributed by atoms with Crippen molar-refractivity contribution in [3.8, 4) is 0 Å². The quantitative estimate of drug-likeness (QED) is 0.724. The molecule has 1 heterocycles. The van der Waals surface area contributed by atoms with Gasteiger partial charge in [0.2, 0.25) is 5.91 Å². The Morgan fingerprint density at radius 2 is 2.00 bits per heavy atom. The molecule has 0 radical (unpaired) electrons. The smallest absolute Gasteiger partial charge is 0.246 e. The van der Waals surface area contributed by atoms with E-state index in [0.717, 1.165) is 18.9 Å². The molecule has 126 valence electrons. The van der Waals surface area contributed by atoms with E-state index < -0.39 is 11.6 Å². The largest absolute Gasteiger partial charge is 0.381 e. The maximum Gasteiger partial charge on any atom is 0.246 e. The standard InChI is InChI=1S/C17H21F2NO3/c1-2-17(21)20(8-11-23-13-6-9-22-10-7-13)12-14-15(18)4-3-5-16(14)19/h2-5,13H,1,6-12H2.